The molecule has 1 aliphatic carbocycles. The van der Waals surface area contributed by atoms with Crippen LogP contribution in [0.1, 0.15) is 138 Å². The Kier molecular flexibility index (Phi) is 20.9. The van der Waals surface area contributed by atoms with Crippen molar-refractivity contribution in [1.82, 2.24) is 0 Å². The quantitative estimate of drug-likeness (QED) is 0.305. The smallest absolute Gasteiger partial charge is 0.0878 e. The van der Waals surface area contributed by atoms with Gasteiger partial charge in [-0.3, -0.25) is 0 Å². The van der Waals surface area contributed by atoms with Crippen molar-refractivity contribution in [3.63, 3.8) is 0 Å². The van der Waals surface area contributed by atoms with Crippen LogP contribution in [-0.2, 0) is 14.2 Å². The van der Waals surface area contributed by atoms with Crippen LogP contribution < -0.4 is 0 Å². The van der Waals surface area contributed by atoms with Gasteiger partial charge in [0.25, 0.3) is 0 Å². The minimum atomic E-state index is 0.211. The predicted molar refractivity (Wildman–Crippen MR) is 174 cm³/mol. The molecule has 238 valence electrons. The van der Waals surface area contributed by atoms with E-state index in [1.165, 1.54) is 0 Å². The number of ether oxygens (including phenoxy) is 3. The molecular weight excluding hydrogens is 480 g/mol. The van der Waals surface area contributed by atoms with Crippen LogP contribution >= 0.6 is 0 Å². The van der Waals surface area contributed by atoms with Crippen LogP contribution in [0.15, 0.2) is 0 Å². The Bertz CT molecular complexity index is 582. The first kappa shape index (κ1) is 41.0. The van der Waals surface area contributed by atoms with E-state index in [-0.39, 0.29) is 24.4 Å². The van der Waals surface area contributed by atoms with E-state index in [1.54, 1.807) is 0 Å². The van der Waals surface area contributed by atoms with Crippen LogP contribution in [0.5, 0.6) is 0 Å². The van der Waals surface area contributed by atoms with Gasteiger partial charge in [-0.2, -0.15) is 0 Å². The molecule has 3 aliphatic rings. The molecule has 0 N–H and O–H groups in total. The fraction of sp³-hybridized carbons (Fsp3) is 1.00. The van der Waals surface area contributed by atoms with E-state index in [2.05, 4.69) is 96.9 Å². The molecule has 3 rings (SSSR count). The molecule has 0 aromatic heterocycles. The number of hydrogen-bond donors (Lipinski definition) is 0. The number of hydrogen-bond acceptors (Lipinski definition) is 3. The lowest BCUT2D eigenvalue weighted by Gasteiger charge is -2.45. The van der Waals surface area contributed by atoms with Crippen molar-refractivity contribution in [2.45, 2.75) is 175 Å². The van der Waals surface area contributed by atoms with Gasteiger partial charge in [-0.25, -0.2) is 0 Å². The second-order valence-electron chi connectivity index (χ2n) is 13.5. The minimum absolute atomic E-state index is 0.211. The molecule has 10 atom stereocenters. The van der Waals surface area contributed by atoms with Crippen molar-refractivity contribution in [3.05, 3.63) is 0 Å². The summed E-state index contributed by atoms with van der Waals surface area (Å²) >= 11 is 0. The maximum atomic E-state index is 6.27. The van der Waals surface area contributed by atoms with Gasteiger partial charge >= 0.3 is 0 Å². The third-order valence-corrected chi connectivity index (χ3v) is 8.73. The van der Waals surface area contributed by atoms with Crippen molar-refractivity contribution < 1.29 is 14.2 Å². The highest BCUT2D eigenvalue weighted by molar-refractivity contribution is 5.07. The van der Waals surface area contributed by atoms with Crippen LogP contribution in [0.4, 0.5) is 0 Å². The van der Waals surface area contributed by atoms with Gasteiger partial charge in [0.2, 0.25) is 0 Å². The van der Waals surface area contributed by atoms with Gasteiger partial charge in [-0.1, -0.05) is 132 Å². The Morgan fingerprint density at radius 2 is 0.692 bits per heavy atom. The van der Waals surface area contributed by atoms with Crippen LogP contribution in [0.3, 0.4) is 0 Å². The van der Waals surface area contributed by atoms with Crippen LogP contribution in [0.25, 0.3) is 0 Å². The molecule has 2 saturated heterocycles. The zero-order valence-corrected chi connectivity index (χ0v) is 30.5. The molecule has 1 saturated carbocycles. The molecule has 0 aromatic rings. The van der Waals surface area contributed by atoms with E-state index in [0.717, 1.165) is 41.4 Å². The zero-order valence-electron chi connectivity index (χ0n) is 30.5. The van der Waals surface area contributed by atoms with Crippen molar-refractivity contribution in [2.24, 2.45) is 59.2 Å². The summed E-state index contributed by atoms with van der Waals surface area (Å²) in [5, 5.41) is 0. The second-order valence-corrected chi connectivity index (χ2v) is 13.5. The first-order chi connectivity index (χ1) is 18.2. The maximum absolute atomic E-state index is 6.27. The molecule has 3 nitrogen and oxygen atoms in total. The van der Waals surface area contributed by atoms with Crippen molar-refractivity contribution in [2.75, 3.05) is 0 Å². The lowest BCUT2D eigenvalue weighted by atomic mass is 9.58. The monoisotopic (exact) mass is 557 g/mol. The largest absolute Gasteiger partial charge is 0.370 e. The van der Waals surface area contributed by atoms with Crippen LogP contribution in [0.2, 0.25) is 0 Å². The third-order valence-electron chi connectivity index (χ3n) is 8.73. The summed E-state index contributed by atoms with van der Waals surface area (Å²) in [6, 6.07) is 0. The van der Waals surface area contributed by atoms with Gasteiger partial charge in [0.05, 0.1) is 36.6 Å². The zero-order chi connectivity index (χ0) is 31.4. The van der Waals surface area contributed by atoms with E-state index in [9.17, 15) is 0 Å². The average Bonchev–Trinajstić information content (AvgIpc) is 3.65. The Balaban J connectivity index is 0. The highest BCUT2D eigenvalue weighted by Crippen LogP contribution is 2.56. The predicted octanol–water partition coefficient (Wildman–Crippen LogP) is 10.8. The van der Waals surface area contributed by atoms with Crippen molar-refractivity contribution in [3.8, 4) is 0 Å². The molecule has 0 bridgehead atoms. The Hall–Kier alpha value is -0.120. The van der Waals surface area contributed by atoms with Crippen LogP contribution in [0, 0.1) is 59.2 Å². The normalized spacial score (nSPS) is 35.2. The van der Waals surface area contributed by atoms with E-state index >= 15 is 0 Å². The van der Waals surface area contributed by atoms with Gasteiger partial charge in [0.15, 0.2) is 0 Å². The van der Waals surface area contributed by atoms with Gasteiger partial charge in [-0.15, -0.1) is 0 Å². The first-order valence-electron chi connectivity index (χ1n) is 17.2. The van der Waals surface area contributed by atoms with Crippen molar-refractivity contribution >= 4 is 0 Å². The summed E-state index contributed by atoms with van der Waals surface area (Å²) in [6.45, 7) is 44.2. The van der Waals surface area contributed by atoms with Crippen LogP contribution in [-0.4, -0.2) is 36.6 Å². The fourth-order valence-corrected chi connectivity index (χ4v) is 7.29. The summed E-state index contributed by atoms with van der Waals surface area (Å²) in [7, 11) is 0. The van der Waals surface area contributed by atoms with E-state index < -0.39 is 0 Å². The second kappa shape index (κ2) is 19.9. The van der Waals surface area contributed by atoms with E-state index in [4.69, 9.17) is 14.2 Å². The third kappa shape index (κ3) is 11.2. The summed E-state index contributed by atoms with van der Waals surface area (Å²) in [4.78, 5) is 0. The Morgan fingerprint density at radius 1 is 0.359 bits per heavy atom. The summed E-state index contributed by atoms with van der Waals surface area (Å²) in [6.07, 6.45) is 2.08. The molecule has 0 radical (unpaired) electrons. The van der Waals surface area contributed by atoms with Gasteiger partial charge < -0.3 is 14.2 Å². The Morgan fingerprint density at radius 3 is 1.03 bits per heavy atom. The van der Waals surface area contributed by atoms with Crippen molar-refractivity contribution in [1.29, 1.82) is 0 Å². The molecule has 0 aromatic carbocycles. The summed E-state index contributed by atoms with van der Waals surface area (Å²) < 4.78 is 18.5. The number of epoxide rings is 1. The van der Waals surface area contributed by atoms with Gasteiger partial charge in [0, 0.05) is 0 Å². The molecule has 2 aliphatic heterocycles. The Labute approximate surface area is 248 Å². The molecule has 3 fully saturated rings. The topological polar surface area (TPSA) is 31.0 Å². The molecular formula is C36H76O3. The standard InChI is InChI=1S/C16H30O.C14H28O2.3C2H6/c1-8(2)12-11(7)13(9(3)4)15-16(17-15)14(12)10(5)6;1-8(2)12-11(7)15-13(9(3)4)14(16-12)10(5)6;3*1-2/h8-16H,1-7H3;8-14H,1-7H3;3*1-2H3/t11?,12?,13?,14?,15-,16?;;;;/m1..../s1. The summed E-state index contributed by atoms with van der Waals surface area (Å²) in [5.74, 6) is 7.06. The highest BCUT2D eigenvalue weighted by Gasteiger charge is 2.60. The molecule has 3 heteroatoms. The molecule has 0 spiro atoms. The minimum Gasteiger partial charge on any atom is -0.370 e. The van der Waals surface area contributed by atoms with E-state index in [1.807, 2.05) is 41.5 Å². The average molecular weight is 557 g/mol. The van der Waals surface area contributed by atoms with Gasteiger partial charge in [0.1, 0.15) is 0 Å². The molecule has 39 heavy (non-hydrogen) atoms. The number of fused-ring (bicyclic) bond motifs is 1. The van der Waals surface area contributed by atoms with Gasteiger partial charge in [-0.05, 0) is 66.1 Å². The number of rotatable bonds is 6. The fourth-order valence-electron chi connectivity index (χ4n) is 7.29. The molecule has 9 unspecified atom stereocenters. The molecule has 0 amide bonds. The SMILES string of the molecule is CC.CC.CC.CC(C)C1C(C)C(C(C)C)[C@H]2OC2C1C(C)C.CC(C)C1OC(C(C)C)C(C(C)C)OC1C. The highest BCUT2D eigenvalue weighted by atomic mass is 16.6. The molecule has 2 heterocycles. The summed E-state index contributed by atoms with van der Waals surface area (Å²) in [5.41, 5.74) is 0. The van der Waals surface area contributed by atoms with E-state index in [0.29, 0.717) is 30.0 Å². The first-order valence-corrected chi connectivity index (χ1v) is 17.2. The lowest BCUT2D eigenvalue weighted by molar-refractivity contribution is -0.246. The maximum Gasteiger partial charge on any atom is 0.0878 e. The lowest BCUT2D eigenvalue weighted by Crippen LogP contribution is -2.53.